The highest BCUT2D eigenvalue weighted by Gasteiger charge is 2.17. The summed E-state index contributed by atoms with van der Waals surface area (Å²) in [5.41, 5.74) is 1.93. The molecule has 0 atom stereocenters. The van der Waals surface area contributed by atoms with Crippen molar-refractivity contribution >= 4 is 39.6 Å². The van der Waals surface area contributed by atoms with Gasteiger partial charge in [0.05, 0.1) is 13.2 Å². The second-order valence-corrected chi connectivity index (χ2v) is 8.32. The van der Waals surface area contributed by atoms with E-state index in [1.807, 2.05) is 18.2 Å². The van der Waals surface area contributed by atoms with Crippen LogP contribution in [0, 0.1) is 0 Å². The molecular formula is C16H19ClN2O4S2. The van der Waals surface area contributed by atoms with E-state index in [0.717, 1.165) is 49.7 Å². The number of halogens is 1. The molecule has 0 bridgehead atoms. The summed E-state index contributed by atoms with van der Waals surface area (Å²) >= 11 is 0.956. The Morgan fingerprint density at radius 3 is 2.56 bits per heavy atom. The van der Waals surface area contributed by atoms with Crippen molar-refractivity contribution in [1.82, 2.24) is 4.90 Å². The number of ether oxygens (including phenoxy) is 1. The fourth-order valence-electron chi connectivity index (χ4n) is 2.58. The Labute approximate surface area is 157 Å². The Balaban J connectivity index is 0.00000225. The molecule has 0 aliphatic carbocycles. The van der Waals surface area contributed by atoms with Crippen LogP contribution in [-0.2, 0) is 21.3 Å². The van der Waals surface area contributed by atoms with Gasteiger partial charge in [0.2, 0.25) is 10.0 Å². The minimum Gasteiger partial charge on any atom is -0.379 e. The Hall–Kier alpha value is -1.29. The summed E-state index contributed by atoms with van der Waals surface area (Å²) in [6.07, 6.45) is 0. The SMILES string of the molecule is Cl.NS(=O)(=O)c1cc(C(=O)c2cccc(CN3CCOCC3)c2)cs1. The van der Waals surface area contributed by atoms with E-state index in [2.05, 4.69) is 4.90 Å². The normalized spacial score (nSPS) is 15.6. The van der Waals surface area contributed by atoms with Crippen LogP contribution in [0.5, 0.6) is 0 Å². The minimum atomic E-state index is -3.78. The molecule has 25 heavy (non-hydrogen) atoms. The van der Waals surface area contributed by atoms with Gasteiger partial charge < -0.3 is 4.74 Å². The van der Waals surface area contributed by atoms with Gasteiger partial charge in [0.25, 0.3) is 0 Å². The lowest BCUT2D eigenvalue weighted by Gasteiger charge is -2.26. The Bertz CT molecular complexity index is 845. The highest BCUT2D eigenvalue weighted by Crippen LogP contribution is 2.22. The standard InChI is InChI=1S/C16H18N2O4S2.ClH/c17-24(20,21)15-9-14(11-23-15)16(19)13-3-1-2-12(8-13)10-18-4-6-22-7-5-18;/h1-3,8-9,11H,4-7,10H2,(H2,17,20,21);1H. The molecule has 9 heteroatoms. The van der Waals surface area contributed by atoms with E-state index < -0.39 is 10.0 Å². The van der Waals surface area contributed by atoms with Crippen LogP contribution >= 0.6 is 23.7 Å². The van der Waals surface area contributed by atoms with Gasteiger partial charge in [-0.1, -0.05) is 18.2 Å². The quantitative estimate of drug-likeness (QED) is 0.771. The van der Waals surface area contributed by atoms with Gasteiger partial charge in [-0.2, -0.15) is 0 Å². The number of primary sulfonamides is 1. The highest BCUT2D eigenvalue weighted by atomic mass is 35.5. The van der Waals surface area contributed by atoms with Crippen molar-refractivity contribution in [3.05, 3.63) is 52.4 Å². The zero-order valence-electron chi connectivity index (χ0n) is 13.4. The summed E-state index contributed by atoms with van der Waals surface area (Å²) in [6.45, 7) is 3.96. The molecule has 0 amide bonds. The number of nitrogens with two attached hydrogens (primary N) is 1. The molecule has 2 aromatic rings. The first-order chi connectivity index (χ1) is 11.4. The number of morpholine rings is 1. The molecule has 2 heterocycles. The second-order valence-electron chi connectivity index (χ2n) is 5.62. The molecule has 1 aliphatic rings. The van der Waals surface area contributed by atoms with Gasteiger partial charge in [-0.3, -0.25) is 9.69 Å². The number of carbonyl (C=O) groups excluding carboxylic acids is 1. The van der Waals surface area contributed by atoms with Crippen LogP contribution in [0.3, 0.4) is 0 Å². The van der Waals surface area contributed by atoms with E-state index in [1.54, 1.807) is 6.07 Å². The molecule has 0 radical (unpaired) electrons. The number of hydrogen-bond acceptors (Lipinski definition) is 6. The minimum absolute atomic E-state index is 0. The van der Waals surface area contributed by atoms with Gasteiger partial charge >= 0.3 is 0 Å². The number of carbonyl (C=O) groups is 1. The van der Waals surface area contributed by atoms with Gasteiger partial charge in [-0.05, 0) is 17.7 Å². The predicted octanol–water partition coefficient (Wildman–Crippen LogP) is 1.88. The van der Waals surface area contributed by atoms with Crippen LogP contribution in [0.25, 0.3) is 0 Å². The molecule has 6 nitrogen and oxygen atoms in total. The average molecular weight is 403 g/mol. The molecule has 1 saturated heterocycles. The van der Waals surface area contributed by atoms with Crippen LogP contribution in [0.4, 0.5) is 0 Å². The van der Waals surface area contributed by atoms with Gasteiger partial charge in [0.1, 0.15) is 4.21 Å². The van der Waals surface area contributed by atoms with Crippen LogP contribution in [0.15, 0.2) is 39.9 Å². The molecule has 2 N–H and O–H groups in total. The number of thiophene rings is 1. The van der Waals surface area contributed by atoms with Gasteiger partial charge in [-0.15, -0.1) is 23.7 Å². The lowest BCUT2D eigenvalue weighted by Crippen LogP contribution is -2.35. The summed E-state index contributed by atoms with van der Waals surface area (Å²) in [5, 5.41) is 6.62. The summed E-state index contributed by atoms with van der Waals surface area (Å²) in [4.78, 5) is 14.8. The molecule has 1 aromatic carbocycles. The first-order valence-electron chi connectivity index (χ1n) is 7.48. The smallest absolute Gasteiger partial charge is 0.247 e. The first-order valence-corrected chi connectivity index (χ1v) is 9.91. The van der Waals surface area contributed by atoms with E-state index in [4.69, 9.17) is 9.88 Å². The van der Waals surface area contributed by atoms with Crippen LogP contribution in [-0.4, -0.2) is 45.4 Å². The molecule has 0 unspecified atom stereocenters. The molecule has 3 rings (SSSR count). The summed E-state index contributed by atoms with van der Waals surface area (Å²) in [6, 6.07) is 8.74. The number of benzene rings is 1. The van der Waals surface area contributed by atoms with Crippen molar-refractivity contribution in [2.45, 2.75) is 10.8 Å². The molecule has 1 aromatic heterocycles. The molecular weight excluding hydrogens is 384 g/mol. The number of hydrogen-bond donors (Lipinski definition) is 1. The fraction of sp³-hybridized carbons (Fsp3) is 0.312. The Kier molecular flexibility index (Phi) is 6.72. The maximum Gasteiger partial charge on any atom is 0.247 e. The van der Waals surface area contributed by atoms with Crippen LogP contribution in [0.2, 0.25) is 0 Å². The third-order valence-electron chi connectivity index (χ3n) is 3.82. The van der Waals surface area contributed by atoms with Crippen molar-refractivity contribution in [3.63, 3.8) is 0 Å². The second kappa shape index (κ2) is 8.39. The number of rotatable bonds is 5. The summed E-state index contributed by atoms with van der Waals surface area (Å²) in [5.74, 6) is -0.204. The predicted molar refractivity (Wildman–Crippen MR) is 98.9 cm³/mol. The number of nitrogens with zero attached hydrogens (tertiary/aromatic N) is 1. The van der Waals surface area contributed by atoms with Crippen molar-refractivity contribution in [2.75, 3.05) is 26.3 Å². The van der Waals surface area contributed by atoms with Gasteiger partial charge in [-0.25, -0.2) is 13.6 Å². The van der Waals surface area contributed by atoms with Crippen LogP contribution < -0.4 is 5.14 Å². The van der Waals surface area contributed by atoms with Crippen molar-refractivity contribution < 1.29 is 17.9 Å². The monoisotopic (exact) mass is 402 g/mol. The third-order valence-corrected chi connectivity index (χ3v) is 6.20. The largest absolute Gasteiger partial charge is 0.379 e. The Morgan fingerprint density at radius 2 is 1.92 bits per heavy atom. The summed E-state index contributed by atoms with van der Waals surface area (Å²) in [7, 11) is -3.78. The van der Waals surface area contributed by atoms with Crippen molar-refractivity contribution in [3.8, 4) is 0 Å². The molecule has 1 fully saturated rings. The lowest BCUT2D eigenvalue weighted by atomic mass is 10.0. The topological polar surface area (TPSA) is 89.7 Å². The van der Waals surface area contributed by atoms with E-state index in [1.165, 1.54) is 11.4 Å². The average Bonchev–Trinajstić information content (AvgIpc) is 3.06. The van der Waals surface area contributed by atoms with Gasteiger partial charge in [0, 0.05) is 36.1 Å². The lowest BCUT2D eigenvalue weighted by molar-refractivity contribution is 0.0342. The summed E-state index contributed by atoms with van der Waals surface area (Å²) < 4.78 is 28.0. The maximum atomic E-state index is 12.6. The third kappa shape index (κ3) is 5.10. The molecule has 136 valence electrons. The Morgan fingerprint density at radius 1 is 1.20 bits per heavy atom. The fourth-order valence-corrected chi connectivity index (χ4v) is 4.17. The zero-order chi connectivity index (χ0) is 17.2. The van der Waals surface area contributed by atoms with E-state index >= 15 is 0 Å². The highest BCUT2D eigenvalue weighted by molar-refractivity contribution is 7.91. The number of sulfonamides is 1. The molecule has 0 spiro atoms. The number of ketones is 1. The zero-order valence-corrected chi connectivity index (χ0v) is 15.8. The van der Waals surface area contributed by atoms with Crippen molar-refractivity contribution in [2.24, 2.45) is 5.14 Å². The maximum absolute atomic E-state index is 12.6. The molecule has 0 saturated carbocycles. The van der Waals surface area contributed by atoms with Crippen LogP contribution in [0.1, 0.15) is 21.5 Å². The first kappa shape index (κ1) is 20.0. The van der Waals surface area contributed by atoms with Gasteiger partial charge in [0.15, 0.2) is 5.78 Å². The van der Waals surface area contributed by atoms with Crippen molar-refractivity contribution in [1.29, 1.82) is 0 Å². The van der Waals surface area contributed by atoms with E-state index in [0.29, 0.717) is 11.1 Å². The van der Waals surface area contributed by atoms with E-state index in [-0.39, 0.29) is 22.4 Å². The molecule has 1 aliphatic heterocycles. The van der Waals surface area contributed by atoms with E-state index in [9.17, 15) is 13.2 Å².